The van der Waals surface area contributed by atoms with Crippen LogP contribution in [-0.4, -0.2) is 97.5 Å². The Bertz CT molecular complexity index is 1340. The lowest BCUT2D eigenvalue weighted by molar-refractivity contribution is -0.141. The molecule has 0 heterocycles. The molecule has 3 atom stereocenters. The lowest BCUT2D eigenvalue weighted by Gasteiger charge is -2.25. The van der Waals surface area contributed by atoms with Gasteiger partial charge in [0.05, 0.1) is 32.8 Å². The highest BCUT2D eigenvalue weighted by molar-refractivity contribution is 5.95. The van der Waals surface area contributed by atoms with Crippen molar-refractivity contribution in [1.82, 2.24) is 21.3 Å². The summed E-state index contributed by atoms with van der Waals surface area (Å²) in [6.07, 6.45) is -0.664. The molecular formula is C30H39N7O9. The van der Waals surface area contributed by atoms with Gasteiger partial charge >= 0.3 is 5.97 Å². The van der Waals surface area contributed by atoms with Crippen LogP contribution in [0.25, 0.3) is 10.4 Å². The van der Waals surface area contributed by atoms with Crippen LogP contribution in [0.3, 0.4) is 0 Å². The smallest absolute Gasteiger partial charge is 0.305 e. The number of nitrogens with one attached hydrogen (secondary N) is 4. The van der Waals surface area contributed by atoms with E-state index in [9.17, 15) is 34.2 Å². The van der Waals surface area contributed by atoms with Gasteiger partial charge in [0.25, 0.3) is 0 Å². The Hall–Kier alpha value is -5.18. The predicted octanol–water partition coefficient (Wildman–Crippen LogP) is 0.586. The zero-order valence-electron chi connectivity index (χ0n) is 25.4. The number of aliphatic carboxylic acids is 1. The lowest BCUT2D eigenvalue weighted by atomic mass is 10.0. The fraction of sp³-hybridized carbons (Fsp3) is 0.433. The van der Waals surface area contributed by atoms with Gasteiger partial charge < -0.3 is 41.0 Å². The molecule has 0 aliphatic carbocycles. The maximum Gasteiger partial charge on any atom is 0.305 e. The van der Waals surface area contributed by atoms with Gasteiger partial charge in [-0.15, -0.1) is 0 Å². The molecule has 0 saturated heterocycles. The normalized spacial score (nSPS) is 12.5. The van der Waals surface area contributed by atoms with Gasteiger partial charge in [-0.05, 0) is 28.8 Å². The van der Waals surface area contributed by atoms with Crippen LogP contribution in [0.5, 0.6) is 5.75 Å². The topological polar surface area (TPSA) is 241 Å². The average molecular weight is 642 g/mol. The summed E-state index contributed by atoms with van der Waals surface area (Å²) in [5.74, 6) is -4.04. The summed E-state index contributed by atoms with van der Waals surface area (Å²) in [6.45, 7) is 2.20. The van der Waals surface area contributed by atoms with Crippen LogP contribution in [0.15, 0.2) is 59.7 Å². The number of amides is 4. The minimum absolute atomic E-state index is 0.00456. The van der Waals surface area contributed by atoms with Crippen LogP contribution in [0, 0.1) is 0 Å². The van der Waals surface area contributed by atoms with Crippen LogP contribution in [-0.2, 0) is 46.3 Å². The number of aromatic hydroxyl groups is 1. The van der Waals surface area contributed by atoms with Gasteiger partial charge in [0, 0.05) is 37.8 Å². The Morgan fingerprint density at radius 2 is 1.35 bits per heavy atom. The molecule has 0 aliphatic rings. The number of carboxylic acid groups (broad SMARTS) is 1. The first kappa shape index (κ1) is 37.0. The van der Waals surface area contributed by atoms with E-state index in [2.05, 4.69) is 31.3 Å². The van der Waals surface area contributed by atoms with E-state index in [0.717, 1.165) is 0 Å². The van der Waals surface area contributed by atoms with E-state index < -0.39 is 54.1 Å². The van der Waals surface area contributed by atoms with Gasteiger partial charge in [-0.1, -0.05) is 47.6 Å². The maximum absolute atomic E-state index is 13.5. The molecule has 0 bridgehead atoms. The molecule has 16 heteroatoms. The van der Waals surface area contributed by atoms with E-state index in [4.69, 9.17) is 15.0 Å². The first-order valence-electron chi connectivity index (χ1n) is 14.4. The second-order valence-electron chi connectivity index (χ2n) is 10.0. The molecule has 0 radical (unpaired) electrons. The molecule has 248 valence electrons. The molecule has 0 saturated carbocycles. The number of nitrogens with zero attached hydrogens (tertiary/aromatic N) is 3. The van der Waals surface area contributed by atoms with Crippen molar-refractivity contribution in [1.29, 1.82) is 0 Å². The Balaban J connectivity index is 2.08. The van der Waals surface area contributed by atoms with Crippen LogP contribution in [0.2, 0.25) is 0 Å². The molecule has 0 aromatic heterocycles. The summed E-state index contributed by atoms with van der Waals surface area (Å²) in [6, 6.07) is 11.0. The largest absolute Gasteiger partial charge is 0.508 e. The third kappa shape index (κ3) is 15.0. The van der Waals surface area contributed by atoms with Gasteiger partial charge in [-0.3, -0.25) is 24.0 Å². The molecule has 0 spiro atoms. The quantitative estimate of drug-likeness (QED) is 0.0483. The van der Waals surface area contributed by atoms with Crippen molar-refractivity contribution in [2.45, 2.75) is 44.3 Å². The highest BCUT2D eigenvalue weighted by atomic mass is 16.5. The minimum atomic E-state index is -1.47. The summed E-state index contributed by atoms with van der Waals surface area (Å²) >= 11 is 0. The Kier molecular flexibility index (Phi) is 16.7. The van der Waals surface area contributed by atoms with E-state index in [0.29, 0.717) is 11.1 Å². The van der Waals surface area contributed by atoms with E-state index in [1.165, 1.54) is 19.1 Å². The second kappa shape index (κ2) is 20.7. The zero-order valence-corrected chi connectivity index (χ0v) is 25.4. The van der Waals surface area contributed by atoms with Crippen molar-refractivity contribution in [3.05, 3.63) is 76.2 Å². The molecule has 16 nitrogen and oxygen atoms in total. The summed E-state index contributed by atoms with van der Waals surface area (Å²) in [7, 11) is 0. The Morgan fingerprint density at radius 1 is 0.783 bits per heavy atom. The molecule has 4 amide bonds. The fourth-order valence-electron chi connectivity index (χ4n) is 4.15. The standard InChI is InChI=1S/C30H39N7O9/c1-20(38)34-24(18-22-7-9-23(39)10-8-22)29(43)35-25(17-21-5-3-2-4-6-21)30(44)36-26(19-27(40)41)28(42)32-11-13-45-15-16-46-14-12-33-37-31/h2-10,24-26,39H,11-19H2,1H3,(H,32,42)(H,34,38)(H,35,43)(H,36,44)(H,40,41)/t24-,25-,26-/m0/s1. The van der Waals surface area contributed by atoms with Gasteiger partial charge in [-0.25, -0.2) is 0 Å². The summed E-state index contributed by atoms with van der Waals surface area (Å²) < 4.78 is 10.5. The second-order valence-corrected chi connectivity index (χ2v) is 10.0. The molecule has 2 rings (SSSR count). The van der Waals surface area contributed by atoms with Crippen LogP contribution < -0.4 is 21.3 Å². The number of carbonyl (C=O) groups excluding carboxylic acids is 4. The van der Waals surface area contributed by atoms with Gasteiger partial charge in [0.2, 0.25) is 23.6 Å². The van der Waals surface area contributed by atoms with Crippen molar-refractivity contribution >= 4 is 29.6 Å². The fourth-order valence-corrected chi connectivity index (χ4v) is 4.15. The van der Waals surface area contributed by atoms with Crippen LogP contribution in [0.1, 0.15) is 24.5 Å². The Labute approximate surface area is 265 Å². The van der Waals surface area contributed by atoms with Gasteiger partial charge in [-0.2, -0.15) is 0 Å². The number of carbonyl (C=O) groups is 5. The van der Waals surface area contributed by atoms with Crippen LogP contribution >= 0.6 is 0 Å². The third-order valence-corrected chi connectivity index (χ3v) is 6.31. The number of phenols is 1. The lowest BCUT2D eigenvalue weighted by Crippen LogP contribution is -2.58. The van der Waals surface area contributed by atoms with Crippen molar-refractivity contribution in [2.75, 3.05) is 39.5 Å². The highest BCUT2D eigenvalue weighted by Gasteiger charge is 2.30. The van der Waals surface area contributed by atoms with Crippen molar-refractivity contribution in [3.63, 3.8) is 0 Å². The van der Waals surface area contributed by atoms with Crippen molar-refractivity contribution < 1.29 is 43.7 Å². The predicted molar refractivity (Wildman–Crippen MR) is 164 cm³/mol. The Morgan fingerprint density at radius 3 is 1.93 bits per heavy atom. The SMILES string of the molecule is CC(=O)N[C@@H](Cc1ccc(O)cc1)C(=O)N[C@@H](Cc1ccccc1)C(=O)N[C@@H](CC(=O)O)C(=O)NCCOCCOCCN=[N+]=[N-]. The van der Waals surface area contributed by atoms with Gasteiger partial charge in [0.15, 0.2) is 0 Å². The summed E-state index contributed by atoms with van der Waals surface area (Å²) in [4.78, 5) is 65.8. The number of phenolic OH excluding ortho intramolecular Hbond substituents is 1. The average Bonchev–Trinajstić information content (AvgIpc) is 3.02. The van der Waals surface area contributed by atoms with E-state index in [-0.39, 0.29) is 58.1 Å². The molecule has 46 heavy (non-hydrogen) atoms. The third-order valence-electron chi connectivity index (χ3n) is 6.31. The zero-order chi connectivity index (χ0) is 33.7. The van der Waals surface area contributed by atoms with Crippen LogP contribution in [0.4, 0.5) is 0 Å². The first-order valence-corrected chi connectivity index (χ1v) is 14.4. The summed E-state index contributed by atoms with van der Waals surface area (Å²) in [5.41, 5.74) is 9.53. The minimum Gasteiger partial charge on any atom is -0.508 e. The van der Waals surface area contributed by atoms with Crippen molar-refractivity contribution in [3.8, 4) is 5.75 Å². The summed E-state index contributed by atoms with van der Waals surface area (Å²) in [5, 5.41) is 32.5. The highest BCUT2D eigenvalue weighted by Crippen LogP contribution is 2.12. The molecule has 0 fully saturated rings. The van der Waals surface area contributed by atoms with E-state index in [1.54, 1.807) is 42.5 Å². The first-order chi connectivity index (χ1) is 22.1. The number of hydrogen-bond donors (Lipinski definition) is 6. The number of carboxylic acids is 1. The molecule has 0 aliphatic heterocycles. The monoisotopic (exact) mass is 641 g/mol. The molecule has 2 aromatic rings. The van der Waals surface area contributed by atoms with E-state index >= 15 is 0 Å². The number of hydrogen-bond acceptors (Lipinski definition) is 9. The maximum atomic E-state index is 13.5. The number of ether oxygens (including phenoxy) is 2. The van der Waals surface area contributed by atoms with E-state index in [1.807, 2.05) is 0 Å². The van der Waals surface area contributed by atoms with Crippen molar-refractivity contribution in [2.24, 2.45) is 5.11 Å². The van der Waals surface area contributed by atoms with Gasteiger partial charge in [0.1, 0.15) is 23.9 Å². The molecule has 6 N–H and O–H groups in total. The number of azide groups is 1. The molecule has 0 unspecified atom stereocenters. The number of benzene rings is 2. The number of rotatable bonds is 21. The molecular weight excluding hydrogens is 602 g/mol. The molecule has 2 aromatic carbocycles.